The van der Waals surface area contributed by atoms with Gasteiger partial charge in [0.1, 0.15) is 0 Å². The molecule has 0 saturated heterocycles. The zero-order valence-corrected chi connectivity index (χ0v) is 8.81. The van der Waals surface area contributed by atoms with Gasteiger partial charge in [0.2, 0.25) is 0 Å². The van der Waals surface area contributed by atoms with Gasteiger partial charge in [0, 0.05) is 15.3 Å². The van der Waals surface area contributed by atoms with Gasteiger partial charge in [-0.3, -0.25) is 4.98 Å². The fraction of sp³-hybridized carbons (Fsp3) is 0.286. The van der Waals surface area contributed by atoms with E-state index < -0.39 is 6.43 Å². The molecule has 1 rings (SSSR count). The Morgan fingerprint density at radius 1 is 1.58 bits per heavy atom. The molecule has 66 valence electrons. The van der Waals surface area contributed by atoms with Gasteiger partial charge in [-0.05, 0) is 28.7 Å². The number of rotatable bonds is 2. The number of halogens is 4. The van der Waals surface area contributed by atoms with E-state index in [-0.39, 0.29) is 11.4 Å². The minimum atomic E-state index is -2.46. The Balaban J connectivity index is 3.02. The van der Waals surface area contributed by atoms with Crippen molar-refractivity contribution in [1.82, 2.24) is 4.98 Å². The van der Waals surface area contributed by atoms with Crippen molar-refractivity contribution in [3.05, 3.63) is 27.1 Å². The molecule has 0 amide bonds. The first kappa shape index (κ1) is 10.1. The van der Waals surface area contributed by atoms with Crippen LogP contribution in [0.1, 0.15) is 17.7 Å². The highest BCUT2D eigenvalue weighted by Gasteiger charge is 2.09. The van der Waals surface area contributed by atoms with E-state index in [4.69, 9.17) is 11.6 Å². The molecule has 0 N–H and O–H groups in total. The number of hydrogen-bond donors (Lipinski definition) is 0. The van der Waals surface area contributed by atoms with Gasteiger partial charge in [-0.2, -0.15) is 0 Å². The van der Waals surface area contributed by atoms with E-state index in [2.05, 4.69) is 4.98 Å². The van der Waals surface area contributed by atoms with Crippen LogP contribution in [0.4, 0.5) is 8.78 Å². The molecule has 0 aliphatic rings. The molecule has 0 unspecified atom stereocenters. The lowest BCUT2D eigenvalue weighted by Crippen LogP contribution is -1.94. The first-order valence-corrected chi connectivity index (χ1v) is 4.75. The van der Waals surface area contributed by atoms with Crippen molar-refractivity contribution in [3.8, 4) is 0 Å². The van der Waals surface area contributed by atoms with Gasteiger partial charge in [-0.1, -0.05) is 0 Å². The standard InChI is InChI=1S/C7H5ClF2IN/c8-2-6-5(11)1-4(3-12-6)7(9)10/h1,3,7H,2H2. The van der Waals surface area contributed by atoms with E-state index >= 15 is 0 Å². The van der Waals surface area contributed by atoms with Crippen molar-refractivity contribution < 1.29 is 8.78 Å². The lowest BCUT2D eigenvalue weighted by Gasteiger charge is -2.02. The summed E-state index contributed by atoms with van der Waals surface area (Å²) in [6, 6.07) is 1.40. The summed E-state index contributed by atoms with van der Waals surface area (Å²) in [6.45, 7) is 0. The van der Waals surface area contributed by atoms with Crippen LogP contribution in [0.2, 0.25) is 0 Å². The summed E-state index contributed by atoms with van der Waals surface area (Å²) in [5.41, 5.74) is 0.579. The highest BCUT2D eigenvalue weighted by Crippen LogP contribution is 2.21. The summed E-state index contributed by atoms with van der Waals surface area (Å²) in [5.74, 6) is 0.252. The third-order valence-electron chi connectivity index (χ3n) is 1.32. The lowest BCUT2D eigenvalue weighted by molar-refractivity contribution is 0.151. The second-order valence-electron chi connectivity index (χ2n) is 2.13. The van der Waals surface area contributed by atoms with Gasteiger partial charge < -0.3 is 0 Å². The van der Waals surface area contributed by atoms with Gasteiger partial charge in [0.05, 0.1) is 11.6 Å². The molecular formula is C7H5ClF2IN. The largest absolute Gasteiger partial charge is 0.265 e. The van der Waals surface area contributed by atoms with Crippen LogP contribution in [-0.4, -0.2) is 4.98 Å². The predicted molar refractivity (Wildman–Crippen MR) is 51.5 cm³/mol. The fourth-order valence-corrected chi connectivity index (χ4v) is 1.83. The van der Waals surface area contributed by atoms with Crippen LogP contribution in [0, 0.1) is 3.57 Å². The van der Waals surface area contributed by atoms with E-state index in [0.717, 1.165) is 6.20 Å². The lowest BCUT2D eigenvalue weighted by atomic mass is 10.3. The van der Waals surface area contributed by atoms with E-state index in [9.17, 15) is 8.78 Å². The SMILES string of the molecule is FC(F)c1cnc(CCl)c(I)c1. The number of alkyl halides is 3. The third kappa shape index (κ3) is 2.26. The van der Waals surface area contributed by atoms with Crippen molar-refractivity contribution in [3.63, 3.8) is 0 Å². The monoisotopic (exact) mass is 303 g/mol. The summed E-state index contributed by atoms with van der Waals surface area (Å²) < 4.78 is 24.9. The average Bonchev–Trinajstić information content (AvgIpc) is 2.04. The highest BCUT2D eigenvalue weighted by molar-refractivity contribution is 14.1. The molecule has 0 spiro atoms. The summed E-state index contributed by atoms with van der Waals surface area (Å²) >= 11 is 7.45. The number of aromatic nitrogens is 1. The third-order valence-corrected chi connectivity index (χ3v) is 2.50. The molecule has 1 heterocycles. The Morgan fingerprint density at radius 3 is 2.67 bits per heavy atom. The zero-order valence-electron chi connectivity index (χ0n) is 5.90. The molecule has 0 saturated carbocycles. The van der Waals surface area contributed by atoms with Gasteiger partial charge in [0.15, 0.2) is 0 Å². The minimum Gasteiger partial charge on any atom is -0.258 e. The molecule has 0 aliphatic heterocycles. The van der Waals surface area contributed by atoms with Crippen LogP contribution in [0.3, 0.4) is 0 Å². The molecule has 0 aromatic carbocycles. The topological polar surface area (TPSA) is 12.9 Å². The van der Waals surface area contributed by atoms with Gasteiger partial charge >= 0.3 is 0 Å². The van der Waals surface area contributed by atoms with Gasteiger partial charge in [0.25, 0.3) is 6.43 Å². The predicted octanol–water partition coefficient (Wildman–Crippen LogP) is 3.36. The van der Waals surface area contributed by atoms with Crippen molar-refractivity contribution in [2.45, 2.75) is 12.3 Å². The maximum absolute atomic E-state index is 12.1. The Hall–Kier alpha value is 0.0300. The molecule has 0 atom stereocenters. The maximum Gasteiger partial charge on any atom is 0.265 e. The molecule has 5 heteroatoms. The van der Waals surface area contributed by atoms with E-state index in [1.807, 2.05) is 22.6 Å². The minimum absolute atomic E-state index is 0.0618. The van der Waals surface area contributed by atoms with Crippen LogP contribution in [0.5, 0.6) is 0 Å². The summed E-state index contributed by atoms with van der Waals surface area (Å²) in [5, 5.41) is 0. The first-order valence-electron chi connectivity index (χ1n) is 3.13. The smallest absolute Gasteiger partial charge is 0.258 e. The molecule has 12 heavy (non-hydrogen) atoms. The maximum atomic E-state index is 12.1. The molecule has 1 aromatic rings. The fourth-order valence-electron chi connectivity index (χ4n) is 0.699. The second kappa shape index (κ2) is 4.32. The molecule has 1 aromatic heterocycles. The normalized spacial score (nSPS) is 10.8. The summed E-state index contributed by atoms with van der Waals surface area (Å²) in [7, 11) is 0. The molecule has 0 radical (unpaired) electrons. The summed E-state index contributed by atoms with van der Waals surface area (Å²) in [4.78, 5) is 3.80. The number of hydrogen-bond acceptors (Lipinski definition) is 1. The Bertz CT molecular complexity index is 280. The Morgan fingerprint density at radius 2 is 2.25 bits per heavy atom. The summed E-state index contributed by atoms with van der Waals surface area (Å²) in [6.07, 6.45) is -1.31. The van der Waals surface area contributed by atoms with Gasteiger partial charge in [-0.15, -0.1) is 11.6 Å². The van der Waals surface area contributed by atoms with E-state index in [1.165, 1.54) is 6.07 Å². The van der Waals surface area contributed by atoms with Crippen molar-refractivity contribution in [2.75, 3.05) is 0 Å². The van der Waals surface area contributed by atoms with Crippen molar-refractivity contribution in [1.29, 1.82) is 0 Å². The van der Waals surface area contributed by atoms with Crippen molar-refractivity contribution >= 4 is 34.2 Å². The zero-order chi connectivity index (χ0) is 9.14. The van der Waals surface area contributed by atoms with Crippen LogP contribution in [0.25, 0.3) is 0 Å². The number of pyridine rings is 1. The molecule has 0 fully saturated rings. The molecule has 1 nitrogen and oxygen atoms in total. The van der Waals surface area contributed by atoms with Crippen molar-refractivity contribution in [2.24, 2.45) is 0 Å². The second-order valence-corrected chi connectivity index (χ2v) is 3.56. The first-order chi connectivity index (χ1) is 5.65. The molecular weight excluding hydrogens is 298 g/mol. The quantitative estimate of drug-likeness (QED) is 0.603. The van der Waals surface area contributed by atoms with E-state index in [0.29, 0.717) is 9.26 Å². The molecule has 0 bridgehead atoms. The Kier molecular flexibility index (Phi) is 3.64. The van der Waals surface area contributed by atoms with Crippen LogP contribution < -0.4 is 0 Å². The highest BCUT2D eigenvalue weighted by atomic mass is 127. The molecule has 0 aliphatic carbocycles. The van der Waals surface area contributed by atoms with Crippen LogP contribution in [0.15, 0.2) is 12.3 Å². The van der Waals surface area contributed by atoms with Gasteiger partial charge in [-0.25, -0.2) is 8.78 Å². The van der Waals surface area contributed by atoms with Crippen LogP contribution in [-0.2, 0) is 5.88 Å². The van der Waals surface area contributed by atoms with E-state index in [1.54, 1.807) is 0 Å². The average molecular weight is 303 g/mol. The number of nitrogens with zero attached hydrogens (tertiary/aromatic N) is 1. The Labute approximate surface area is 87.3 Å². The van der Waals surface area contributed by atoms with Crippen LogP contribution >= 0.6 is 34.2 Å².